The van der Waals surface area contributed by atoms with Crippen LogP contribution in [0.15, 0.2) is 30.3 Å². The lowest BCUT2D eigenvalue weighted by molar-refractivity contribution is 0.0995. The van der Waals surface area contributed by atoms with Gasteiger partial charge in [0.05, 0.1) is 15.7 Å². The molecular formula is C12H9Cl2N3O2. The number of hydrogen-bond donors (Lipinski definition) is 2. The van der Waals surface area contributed by atoms with Crippen LogP contribution in [0.1, 0.15) is 10.5 Å². The molecule has 0 unspecified atom stereocenters. The molecule has 0 fully saturated rings. The molecule has 1 amide bonds. The van der Waals surface area contributed by atoms with Gasteiger partial charge in [-0.3, -0.25) is 4.79 Å². The highest BCUT2D eigenvalue weighted by molar-refractivity contribution is 6.42. The Morgan fingerprint density at radius 1 is 1.16 bits per heavy atom. The minimum Gasteiger partial charge on any atom is -0.437 e. The first-order valence-electron chi connectivity index (χ1n) is 5.16. The van der Waals surface area contributed by atoms with Gasteiger partial charge in [0.1, 0.15) is 11.4 Å². The highest BCUT2D eigenvalue weighted by Crippen LogP contribution is 2.30. The van der Waals surface area contributed by atoms with Crippen LogP contribution in [0.4, 0.5) is 5.69 Å². The third-order valence-corrected chi connectivity index (χ3v) is 2.99. The molecule has 0 saturated heterocycles. The average molecular weight is 298 g/mol. The van der Waals surface area contributed by atoms with E-state index in [-0.39, 0.29) is 17.3 Å². The van der Waals surface area contributed by atoms with E-state index in [0.717, 1.165) is 0 Å². The van der Waals surface area contributed by atoms with Crippen LogP contribution in [-0.2, 0) is 0 Å². The van der Waals surface area contributed by atoms with Crippen LogP contribution >= 0.6 is 23.2 Å². The van der Waals surface area contributed by atoms with E-state index in [0.29, 0.717) is 15.8 Å². The van der Waals surface area contributed by atoms with Crippen LogP contribution in [0, 0.1) is 0 Å². The molecule has 1 aromatic heterocycles. The molecule has 2 aromatic rings. The number of nitrogen functional groups attached to an aromatic ring is 1. The van der Waals surface area contributed by atoms with Gasteiger partial charge in [-0.1, -0.05) is 23.2 Å². The largest absolute Gasteiger partial charge is 0.437 e. The number of nitrogens with two attached hydrogens (primary N) is 2. The SMILES string of the molecule is NC(=O)c1ccc(N)c(Oc2ccc(Cl)c(Cl)c2)n1. The molecule has 1 heterocycles. The monoisotopic (exact) mass is 297 g/mol. The summed E-state index contributed by atoms with van der Waals surface area (Å²) in [5, 5.41) is 0.740. The zero-order chi connectivity index (χ0) is 14.0. The van der Waals surface area contributed by atoms with Crippen molar-refractivity contribution in [1.82, 2.24) is 4.98 Å². The van der Waals surface area contributed by atoms with E-state index in [2.05, 4.69) is 4.98 Å². The summed E-state index contributed by atoms with van der Waals surface area (Å²) in [4.78, 5) is 15.0. The Balaban J connectivity index is 2.34. The summed E-state index contributed by atoms with van der Waals surface area (Å²) in [6, 6.07) is 7.60. The van der Waals surface area contributed by atoms with Crippen LogP contribution in [0.2, 0.25) is 10.0 Å². The highest BCUT2D eigenvalue weighted by Gasteiger charge is 2.10. The number of rotatable bonds is 3. The Morgan fingerprint density at radius 2 is 1.89 bits per heavy atom. The van der Waals surface area contributed by atoms with Crippen LogP contribution in [0.3, 0.4) is 0 Å². The Morgan fingerprint density at radius 3 is 2.53 bits per heavy atom. The van der Waals surface area contributed by atoms with Gasteiger partial charge in [-0.05, 0) is 24.3 Å². The van der Waals surface area contributed by atoms with E-state index < -0.39 is 5.91 Å². The number of carbonyl (C=O) groups is 1. The van der Waals surface area contributed by atoms with Crippen LogP contribution in [-0.4, -0.2) is 10.9 Å². The predicted molar refractivity (Wildman–Crippen MR) is 73.7 cm³/mol. The summed E-state index contributed by atoms with van der Waals surface area (Å²) < 4.78 is 5.45. The molecule has 0 aliphatic carbocycles. The van der Waals surface area contributed by atoms with Crippen molar-refractivity contribution in [1.29, 1.82) is 0 Å². The Kier molecular flexibility index (Phi) is 3.78. The lowest BCUT2D eigenvalue weighted by Gasteiger charge is -2.08. The van der Waals surface area contributed by atoms with Crippen molar-refractivity contribution in [2.75, 3.05) is 5.73 Å². The summed E-state index contributed by atoms with van der Waals surface area (Å²) in [6.45, 7) is 0. The van der Waals surface area contributed by atoms with Gasteiger partial charge in [0.2, 0.25) is 5.88 Å². The number of primary amides is 1. The van der Waals surface area contributed by atoms with Crippen LogP contribution < -0.4 is 16.2 Å². The minimum atomic E-state index is -0.668. The van der Waals surface area contributed by atoms with Crippen molar-refractivity contribution >= 4 is 34.8 Å². The summed E-state index contributed by atoms with van der Waals surface area (Å²) in [6.07, 6.45) is 0. The van der Waals surface area contributed by atoms with Crippen LogP contribution in [0.25, 0.3) is 0 Å². The summed E-state index contributed by atoms with van der Waals surface area (Å²) in [5.41, 5.74) is 11.2. The number of benzene rings is 1. The quantitative estimate of drug-likeness (QED) is 0.911. The average Bonchev–Trinajstić information content (AvgIpc) is 2.36. The van der Waals surface area contributed by atoms with Crippen molar-refractivity contribution in [2.45, 2.75) is 0 Å². The fourth-order valence-corrected chi connectivity index (χ4v) is 1.61. The predicted octanol–water partition coefficient (Wildman–Crippen LogP) is 2.86. The number of anilines is 1. The van der Waals surface area contributed by atoms with Gasteiger partial charge in [0.25, 0.3) is 5.91 Å². The van der Waals surface area contributed by atoms with Crippen molar-refractivity contribution in [3.05, 3.63) is 46.1 Å². The molecule has 0 aliphatic heterocycles. The molecule has 7 heteroatoms. The summed E-state index contributed by atoms with van der Waals surface area (Å²) >= 11 is 11.7. The first-order valence-corrected chi connectivity index (χ1v) is 5.92. The van der Waals surface area contributed by atoms with E-state index in [4.69, 9.17) is 39.4 Å². The van der Waals surface area contributed by atoms with Crippen molar-refractivity contribution in [3.8, 4) is 11.6 Å². The first kappa shape index (κ1) is 13.5. The number of amides is 1. The molecule has 98 valence electrons. The van der Waals surface area contributed by atoms with Gasteiger partial charge in [-0.25, -0.2) is 4.98 Å². The summed E-state index contributed by atoms with van der Waals surface area (Å²) in [5.74, 6) is -0.191. The number of carbonyl (C=O) groups excluding carboxylic acids is 1. The second kappa shape index (κ2) is 5.34. The molecule has 2 rings (SSSR count). The lowest BCUT2D eigenvalue weighted by Crippen LogP contribution is -2.13. The number of ether oxygens (including phenoxy) is 1. The normalized spacial score (nSPS) is 10.2. The minimum absolute atomic E-state index is 0.0595. The lowest BCUT2D eigenvalue weighted by atomic mass is 10.3. The summed E-state index contributed by atoms with van der Waals surface area (Å²) in [7, 11) is 0. The molecule has 5 nitrogen and oxygen atoms in total. The topological polar surface area (TPSA) is 91.2 Å². The van der Waals surface area contributed by atoms with Crippen molar-refractivity contribution in [3.63, 3.8) is 0 Å². The Labute approximate surface area is 119 Å². The van der Waals surface area contributed by atoms with Gasteiger partial charge >= 0.3 is 0 Å². The molecule has 0 saturated carbocycles. The number of hydrogen-bond acceptors (Lipinski definition) is 4. The molecule has 0 bridgehead atoms. The number of halogens is 2. The molecule has 0 radical (unpaired) electrons. The standard InChI is InChI=1S/C12H9Cl2N3O2/c13-7-2-1-6(5-8(7)14)19-12-9(15)3-4-10(17-12)11(16)18/h1-5H,15H2,(H2,16,18). The number of pyridine rings is 1. The molecule has 0 aliphatic rings. The Hall–Kier alpha value is -1.98. The third-order valence-electron chi connectivity index (χ3n) is 2.25. The smallest absolute Gasteiger partial charge is 0.267 e. The zero-order valence-corrected chi connectivity index (χ0v) is 11.1. The fraction of sp³-hybridized carbons (Fsp3) is 0. The highest BCUT2D eigenvalue weighted by atomic mass is 35.5. The molecule has 19 heavy (non-hydrogen) atoms. The van der Waals surface area contributed by atoms with Gasteiger partial charge in [0, 0.05) is 6.07 Å². The van der Waals surface area contributed by atoms with Crippen LogP contribution in [0.5, 0.6) is 11.6 Å². The van der Waals surface area contributed by atoms with Gasteiger partial charge in [-0.2, -0.15) is 0 Å². The molecule has 0 spiro atoms. The zero-order valence-electron chi connectivity index (χ0n) is 9.56. The third kappa shape index (κ3) is 3.07. The van der Waals surface area contributed by atoms with E-state index in [1.807, 2.05) is 0 Å². The maximum Gasteiger partial charge on any atom is 0.267 e. The second-order valence-corrected chi connectivity index (χ2v) is 4.45. The van der Waals surface area contributed by atoms with E-state index in [9.17, 15) is 4.79 Å². The number of nitrogens with zero attached hydrogens (tertiary/aromatic N) is 1. The molecule has 0 atom stereocenters. The van der Waals surface area contributed by atoms with E-state index >= 15 is 0 Å². The fourth-order valence-electron chi connectivity index (χ4n) is 1.32. The maximum atomic E-state index is 11.0. The first-order chi connectivity index (χ1) is 8.97. The van der Waals surface area contributed by atoms with Gasteiger partial charge < -0.3 is 16.2 Å². The second-order valence-electron chi connectivity index (χ2n) is 3.63. The Bertz CT molecular complexity index is 647. The maximum absolute atomic E-state index is 11.0. The van der Waals surface area contributed by atoms with Gasteiger partial charge in [-0.15, -0.1) is 0 Å². The van der Waals surface area contributed by atoms with Gasteiger partial charge in [0.15, 0.2) is 0 Å². The van der Waals surface area contributed by atoms with E-state index in [1.54, 1.807) is 12.1 Å². The number of aromatic nitrogens is 1. The van der Waals surface area contributed by atoms with Crippen molar-refractivity contribution in [2.24, 2.45) is 5.73 Å². The van der Waals surface area contributed by atoms with Crippen molar-refractivity contribution < 1.29 is 9.53 Å². The molecular weight excluding hydrogens is 289 g/mol. The molecule has 4 N–H and O–H groups in total. The molecule has 1 aromatic carbocycles. The van der Waals surface area contributed by atoms with E-state index in [1.165, 1.54) is 18.2 Å².